The van der Waals surface area contributed by atoms with Gasteiger partial charge in [0.05, 0.1) is 21.9 Å². The van der Waals surface area contributed by atoms with Crippen molar-refractivity contribution in [3.05, 3.63) is 62.5 Å². The Balaban J connectivity index is 2.22. The van der Waals surface area contributed by atoms with Gasteiger partial charge in [0.15, 0.2) is 0 Å². The Morgan fingerprint density at radius 2 is 1.84 bits per heavy atom. The number of oxime groups is 1. The number of nitrogens with zero attached hydrogens (tertiary/aromatic N) is 2. The molecular formula is C26H36Br2N6O3. The molecule has 0 aliphatic carbocycles. The first kappa shape index (κ1) is 30.8. The SMILES string of the molecule is CCCCCC(N=CNN)NC(=O)C(Cc1cc(Br)c(OCCCN)c(Br)c1)=NOCc1ccccc1. The minimum Gasteiger partial charge on any atom is -0.491 e. The summed E-state index contributed by atoms with van der Waals surface area (Å²) in [6.07, 6.45) is 5.63. The summed E-state index contributed by atoms with van der Waals surface area (Å²) >= 11 is 7.14. The topological polar surface area (TPSA) is 136 Å². The van der Waals surface area contributed by atoms with E-state index in [2.05, 4.69) is 59.7 Å². The molecule has 9 nitrogen and oxygen atoms in total. The highest BCUT2D eigenvalue weighted by molar-refractivity contribution is 9.11. The first-order valence-corrected chi connectivity index (χ1v) is 13.9. The van der Waals surface area contributed by atoms with Crippen LogP contribution in [0.5, 0.6) is 5.75 Å². The van der Waals surface area contributed by atoms with Gasteiger partial charge in [0.25, 0.3) is 5.91 Å². The maximum absolute atomic E-state index is 13.3. The number of aliphatic imine (C=N–C) groups is 1. The average molecular weight is 640 g/mol. The van der Waals surface area contributed by atoms with Crippen LogP contribution in [0.25, 0.3) is 0 Å². The summed E-state index contributed by atoms with van der Waals surface area (Å²) in [6.45, 7) is 3.43. The first-order chi connectivity index (χ1) is 18.0. The lowest BCUT2D eigenvalue weighted by Gasteiger charge is -2.16. The molecule has 0 aromatic heterocycles. The fourth-order valence-electron chi connectivity index (χ4n) is 3.36. The van der Waals surface area contributed by atoms with Crippen molar-refractivity contribution >= 4 is 49.8 Å². The third kappa shape index (κ3) is 11.6. The van der Waals surface area contributed by atoms with Crippen LogP contribution < -0.4 is 27.1 Å². The largest absolute Gasteiger partial charge is 0.491 e. The number of hydrazine groups is 1. The summed E-state index contributed by atoms with van der Waals surface area (Å²) < 4.78 is 7.34. The van der Waals surface area contributed by atoms with Crippen molar-refractivity contribution in [1.29, 1.82) is 0 Å². The van der Waals surface area contributed by atoms with E-state index in [9.17, 15) is 4.79 Å². The molecule has 0 aliphatic heterocycles. The normalized spacial score (nSPS) is 12.4. The summed E-state index contributed by atoms with van der Waals surface area (Å²) in [5, 5.41) is 7.17. The van der Waals surface area contributed by atoms with E-state index in [0.29, 0.717) is 25.3 Å². The number of hydrogen-bond acceptors (Lipinski definition) is 7. The predicted octanol–water partition coefficient (Wildman–Crippen LogP) is 4.57. The Kier molecular flexibility index (Phi) is 14.9. The second kappa shape index (κ2) is 17.9. The van der Waals surface area contributed by atoms with Crippen LogP contribution >= 0.6 is 31.9 Å². The zero-order valence-corrected chi connectivity index (χ0v) is 24.3. The minimum atomic E-state index is -0.439. The molecule has 0 spiro atoms. The third-order valence-electron chi connectivity index (χ3n) is 5.24. The van der Waals surface area contributed by atoms with E-state index in [-0.39, 0.29) is 24.6 Å². The second-order valence-corrected chi connectivity index (χ2v) is 9.99. The zero-order chi connectivity index (χ0) is 26.9. The Hall–Kier alpha value is -2.47. The number of rotatable bonds is 17. The number of nitrogens with one attached hydrogen (secondary N) is 2. The van der Waals surface area contributed by atoms with Gasteiger partial charge in [-0.25, -0.2) is 10.8 Å². The van der Waals surface area contributed by atoms with Gasteiger partial charge in [-0.15, -0.1) is 0 Å². The molecule has 1 amide bonds. The molecule has 2 rings (SSSR count). The van der Waals surface area contributed by atoms with Gasteiger partial charge in [0.2, 0.25) is 0 Å². The molecule has 11 heteroatoms. The van der Waals surface area contributed by atoms with Crippen LogP contribution in [0.3, 0.4) is 0 Å². The number of benzene rings is 2. The zero-order valence-electron chi connectivity index (χ0n) is 21.1. The van der Waals surface area contributed by atoms with Crippen LogP contribution in [-0.2, 0) is 22.7 Å². The molecule has 202 valence electrons. The van der Waals surface area contributed by atoms with Crippen LogP contribution in [0.4, 0.5) is 0 Å². The Labute approximate surface area is 235 Å². The van der Waals surface area contributed by atoms with Crippen molar-refractivity contribution in [1.82, 2.24) is 10.7 Å². The number of ether oxygens (including phenoxy) is 1. The van der Waals surface area contributed by atoms with Gasteiger partial charge in [-0.05, 0) is 80.9 Å². The highest BCUT2D eigenvalue weighted by atomic mass is 79.9. The number of amides is 1. The molecule has 0 fully saturated rings. The molecular weight excluding hydrogens is 604 g/mol. The van der Waals surface area contributed by atoms with Crippen molar-refractivity contribution in [2.75, 3.05) is 13.2 Å². The van der Waals surface area contributed by atoms with Gasteiger partial charge in [0, 0.05) is 6.42 Å². The van der Waals surface area contributed by atoms with Gasteiger partial charge in [-0.1, -0.05) is 55.3 Å². The standard InChI is InChI=1S/C26H36Br2N6O3/c1-2-3-5-11-24(31-18-32-30)33-26(35)23(34-37-17-19-9-6-4-7-10-19)16-20-14-21(27)25(22(28)15-20)36-13-8-12-29/h4,6-7,9-10,14-15,18,24H,2-3,5,8,11-13,16-17,29-30H2,1H3,(H,31,32)(H,33,35). The van der Waals surface area contributed by atoms with Crippen LogP contribution in [0.1, 0.15) is 50.2 Å². The Bertz CT molecular complexity index is 998. The average Bonchev–Trinajstić information content (AvgIpc) is 2.89. The van der Waals surface area contributed by atoms with Gasteiger partial charge >= 0.3 is 0 Å². The van der Waals surface area contributed by atoms with E-state index in [0.717, 1.165) is 45.8 Å². The van der Waals surface area contributed by atoms with E-state index in [1.165, 1.54) is 6.34 Å². The minimum absolute atomic E-state index is 0.225. The van der Waals surface area contributed by atoms with Crippen LogP contribution in [0, 0.1) is 0 Å². The molecule has 0 heterocycles. The van der Waals surface area contributed by atoms with Crippen LogP contribution in [-0.4, -0.2) is 37.3 Å². The smallest absolute Gasteiger partial charge is 0.271 e. The molecule has 0 saturated carbocycles. The maximum Gasteiger partial charge on any atom is 0.271 e. The maximum atomic E-state index is 13.3. The van der Waals surface area contributed by atoms with Crippen LogP contribution in [0.15, 0.2) is 61.6 Å². The lowest BCUT2D eigenvalue weighted by atomic mass is 10.1. The molecule has 2 aromatic carbocycles. The Morgan fingerprint density at radius 1 is 1.11 bits per heavy atom. The number of carbonyl (C=O) groups is 1. The van der Waals surface area contributed by atoms with Crippen molar-refractivity contribution in [2.24, 2.45) is 21.7 Å². The number of hydrogen-bond donors (Lipinski definition) is 4. The van der Waals surface area contributed by atoms with E-state index in [1.54, 1.807) is 0 Å². The van der Waals surface area contributed by atoms with E-state index in [1.807, 2.05) is 42.5 Å². The molecule has 1 unspecified atom stereocenters. The Morgan fingerprint density at radius 3 is 2.49 bits per heavy atom. The summed E-state index contributed by atoms with van der Waals surface area (Å²) in [5.74, 6) is 5.66. The molecule has 0 radical (unpaired) electrons. The monoisotopic (exact) mass is 638 g/mol. The lowest BCUT2D eigenvalue weighted by molar-refractivity contribution is -0.115. The van der Waals surface area contributed by atoms with Crippen LogP contribution in [0.2, 0.25) is 0 Å². The first-order valence-electron chi connectivity index (χ1n) is 12.3. The third-order valence-corrected chi connectivity index (χ3v) is 6.42. The predicted molar refractivity (Wildman–Crippen MR) is 155 cm³/mol. The summed E-state index contributed by atoms with van der Waals surface area (Å²) in [6, 6.07) is 13.4. The summed E-state index contributed by atoms with van der Waals surface area (Å²) in [4.78, 5) is 23.2. The highest BCUT2D eigenvalue weighted by Gasteiger charge is 2.19. The van der Waals surface area contributed by atoms with E-state index in [4.69, 9.17) is 21.2 Å². The van der Waals surface area contributed by atoms with Gasteiger partial charge in [-0.2, -0.15) is 0 Å². The van der Waals surface area contributed by atoms with Crippen molar-refractivity contribution in [2.45, 2.75) is 58.2 Å². The lowest BCUT2D eigenvalue weighted by Crippen LogP contribution is -2.40. The molecule has 2 aromatic rings. The van der Waals surface area contributed by atoms with Gasteiger partial charge in [-0.3, -0.25) is 4.79 Å². The highest BCUT2D eigenvalue weighted by Crippen LogP contribution is 2.35. The second-order valence-electron chi connectivity index (χ2n) is 8.28. The van der Waals surface area contributed by atoms with E-state index < -0.39 is 6.17 Å². The molecule has 6 N–H and O–H groups in total. The number of halogens is 2. The molecule has 0 saturated heterocycles. The van der Waals surface area contributed by atoms with Crippen molar-refractivity contribution in [3.8, 4) is 5.75 Å². The molecule has 0 bridgehead atoms. The number of nitrogens with two attached hydrogens (primary N) is 2. The van der Waals surface area contributed by atoms with Gasteiger partial charge < -0.3 is 26.1 Å². The van der Waals surface area contributed by atoms with Crippen molar-refractivity contribution in [3.63, 3.8) is 0 Å². The number of unbranched alkanes of at least 4 members (excludes halogenated alkanes) is 2. The fraction of sp³-hybridized carbons (Fsp3) is 0.423. The fourth-order valence-corrected chi connectivity index (χ4v) is 4.87. The molecule has 0 aliphatic rings. The van der Waals surface area contributed by atoms with E-state index >= 15 is 0 Å². The number of carbonyl (C=O) groups excluding carboxylic acids is 1. The quantitative estimate of drug-likeness (QED) is 0.0658. The summed E-state index contributed by atoms with van der Waals surface area (Å²) in [5.41, 5.74) is 9.98. The summed E-state index contributed by atoms with van der Waals surface area (Å²) in [7, 11) is 0. The van der Waals surface area contributed by atoms with Gasteiger partial charge in [0.1, 0.15) is 24.2 Å². The molecule has 37 heavy (non-hydrogen) atoms. The van der Waals surface area contributed by atoms with Crippen molar-refractivity contribution < 1.29 is 14.4 Å². The molecule has 1 atom stereocenters.